The molecular formula is C13H17NO2. The minimum Gasteiger partial charge on any atom is -0.497 e. The fourth-order valence-corrected chi connectivity index (χ4v) is 1.64. The van der Waals surface area contributed by atoms with Crippen molar-refractivity contribution in [3.63, 3.8) is 0 Å². The first kappa shape index (κ1) is 11.0. The number of rotatable bonds is 4. The number of nitrogens with one attached hydrogen (secondary N) is 1. The Balaban J connectivity index is 2.30. The Morgan fingerprint density at radius 2 is 2.19 bits per heavy atom. The van der Waals surface area contributed by atoms with Crippen molar-refractivity contribution in [2.24, 2.45) is 0 Å². The summed E-state index contributed by atoms with van der Waals surface area (Å²) < 4.78 is 10.7. The molecule has 2 aromatic rings. The van der Waals surface area contributed by atoms with Crippen LogP contribution in [0.25, 0.3) is 11.0 Å². The van der Waals surface area contributed by atoms with Crippen molar-refractivity contribution in [2.75, 3.05) is 7.11 Å². The molecule has 0 bridgehead atoms. The van der Waals surface area contributed by atoms with Gasteiger partial charge >= 0.3 is 0 Å². The number of furan rings is 1. The third-order valence-corrected chi connectivity index (χ3v) is 2.56. The van der Waals surface area contributed by atoms with Crippen molar-refractivity contribution >= 4 is 11.0 Å². The topological polar surface area (TPSA) is 34.4 Å². The summed E-state index contributed by atoms with van der Waals surface area (Å²) >= 11 is 0. The number of benzene rings is 1. The fourth-order valence-electron chi connectivity index (χ4n) is 1.64. The molecule has 1 N–H and O–H groups in total. The van der Waals surface area contributed by atoms with Gasteiger partial charge in [-0.2, -0.15) is 0 Å². The minimum atomic E-state index is 0.468. The van der Waals surface area contributed by atoms with E-state index in [2.05, 4.69) is 19.2 Å². The molecule has 0 saturated carbocycles. The molecule has 0 aliphatic heterocycles. The van der Waals surface area contributed by atoms with Gasteiger partial charge in [0.2, 0.25) is 0 Å². The fraction of sp³-hybridized carbons (Fsp3) is 0.385. The van der Waals surface area contributed by atoms with Gasteiger partial charge in [0.1, 0.15) is 11.3 Å². The first-order valence-corrected chi connectivity index (χ1v) is 5.48. The van der Waals surface area contributed by atoms with E-state index in [0.29, 0.717) is 6.04 Å². The van der Waals surface area contributed by atoms with Gasteiger partial charge in [-0.3, -0.25) is 0 Å². The molecule has 0 aliphatic carbocycles. The molecule has 0 unspecified atom stereocenters. The Hall–Kier alpha value is -1.48. The summed E-state index contributed by atoms with van der Waals surface area (Å²) in [6.45, 7) is 5.07. The van der Waals surface area contributed by atoms with Gasteiger partial charge in [0.15, 0.2) is 0 Å². The van der Waals surface area contributed by atoms with Gasteiger partial charge in [0.05, 0.1) is 13.4 Å². The Morgan fingerprint density at radius 3 is 2.88 bits per heavy atom. The first-order chi connectivity index (χ1) is 7.70. The van der Waals surface area contributed by atoms with Crippen LogP contribution in [0.2, 0.25) is 0 Å². The molecule has 1 heterocycles. The maximum absolute atomic E-state index is 5.49. The number of ether oxygens (including phenoxy) is 1. The normalized spacial score (nSPS) is 11.2. The summed E-state index contributed by atoms with van der Waals surface area (Å²) in [4.78, 5) is 0. The van der Waals surface area contributed by atoms with Crippen LogP contribution in [0.3, 0.4) is 0 Å². The second kappa shape index (κ2) is 4.58. The summed E-state index contributed by atoms with van der Waals surface area (Å²) in [5, 5.41) is 4.49. The molecule has 0 aliphatic rings. The average Bonchev–Trinajstić information content (AvgIpc) is 2.68. The standard InChI is InChI=1S/C13H17NO2/c1-9(2)14-7-10-8-16-13-5-4-11(15-3)6-12(10)13/h4-6,8-9,14H,7H2,1-3H3. The highest BCUT2D eigenvalue weighted by Gasteiger charge is 2.07. The van der Waals surface area contributed by atoms with Gasteiger partial charge < -0.3 is 14.5 Å². The van der Waals surface area contributed by atoms with E-state index < -0.39 is 0 Å². The van der Waals surface area contributed by atoms with Crippen molar-refractivity contribution in [2.45, 2.75) is 26.4 Å². The molecular weight excluding hydrogens is 202 g/mol. The van der Waals surface area contributed by atoms with Crippen molar-refractivity contribution < 1.29 is 9.15 Å². The number of fused-ring (bicyclic) bond motifs is 1. The van der Waals surface area contributed by atoms with Crippen LogP contribution in [0.1, 0.15) is 19.4 Å². The predicted molar refractivity (Wildman–Crippen MR) is 64.7 cm³/mol. The zero-order chi connectivity index (χ0) is 11.5. The van der Waals surface area contributed by atoms with Crippen LogP contribution in [0.15, 0.2) is 28.9 Å². The average molecular weight is 219 g/mol. The third kappa shape index (κ3) is 2.19. The smallest absolute Gasteiger partial charge is 0.134 e. The van der Waals surface area contributed by atoms with Crippen LogP contribution >= 0.6 is 0 Å². The molecule has 2 rings (SSSR count). The maximum atomic E-state index is 5.49. The highest BCUT2D eigenvalue weighted by atomic mass is 16.5. The Morgan fingerprint density at radius 1 is 1.38 bits per heavy atom. The van der Waals surface area contributed by atoms with Gasteiger partial charge in [-0.25, -0.2) is 0 Å². The summed E-state index contributed by atoms with van der Waals surface area (Å²) in [5.74, 6) is 0.861. The van der Waals surface area contributed by atoms with Crippen LogP contribution < -0.4 is 10.1 Å². The number of hydrogen-bond acceptors (Lipinski definition) is 3. The summed E-state index contributed by atoms with van der Waals surface area (Å²) in [5.41, 5.74) is 2.07. The zero-order valence-corrected chi connectivity index (χ0v) is 9.91. The number of methoxy groups -OCH3 is 1. The van der Waals surface area contributed by atoms with Crippen molar-refractivity contribution in [3.8, 4) is 5.75 Å². The largest absolute Gasteiger partial charge is 0.497 e. The Bertz CT molecular complexity index is 474. The lowest BCUT2D eigenvalue weighted by atomic mass is 10.1. The lowest BCUT2D eigenvalue weighted by molar-refractivity contribution is 0.415. The van der Waals surface area contributed by atoms with E-state index >= 15 is 0 Å². The quantitative estimate of drug-likeness (QED) is 0.858. The second-order valence-electron chi connectivity index (χ2n) is 4.16. The molecule has 0 fully saturated rings. The molecule has 3 heteroatoms. The molecule has 16 heavy (non-hydrogen) atoms. The van der Waals surface area contributed by atoms with Gasteiger partial charge in [0.25, 0.3) is 0 Å². The third-order valence-electron chi connectivity index (χ3n) is 2.56. The van der Waals surface area contributed by atoms with E-state index in [-0.39, 0.29) is 0 Å². The van der Waals surface area contributed by atoms with Gasteiger partial charge in [-0.15, -0.1) is 0 Å². The summed E-state index contributed by atoms with van der Waals surface area (Å²) in [6.07, 6.45) is 1.81. The summed E-state index contributed by atoms with van der Waals surface area (Å²) in [7, 11) is 1.67. The lowest BCUT2D eigenvalue weighted by Gasteiger charge is -2.06. The molecule has 1 aromatic heterocycles. The molecule has 86 valence electrons. The number of hydrogen-bond donors (Lipinski definition) is 1. The Labute approximate surface area is 95.4 Å². The molecule has 0 amide bonds. The second-order valence-corrected chi connectivity index (χ2v) is 4.16. The molecule has 0 atom stereocenters. The molecule has 1 aromatic carbocycles. The lowest BCUT2D eigenvalue weighted by Crippen LogP contribution is -2.21. The Kier molecular flexibility index (Phi) is 3.15. The van der Waals surface area contributed by atoms with Crippen LogP contribution in [0.5, 0.6) is 5.75 Å². The highest BCUT2D eigenvalue weighted by molar-refractivity contribution is 5.82. The summed E-state index contributed by atoms with van der Waals surface area (Å²) in [6, 6.07) is 6.32. The van der Waals surface area contributed by atoms with E-state index in [1.807, 2.05) is 18.2 Å². The van der Waals surface area contributed by atoms with Gasteiger partial charge in [-0.05, 0) is 18.2 Å². The van der Waals surface area contributed by atoms with E-state index in [0.717, 1.165) is 23.3 Å². The van der Waals surface area contributed by atoms with Crippen molar-refractivity contribution in [1.82, 2.24) is 5.32 Å². The van der Waals surface area contributed by atoms with Crippen LogP contribution in [0.4, 0.5) is 0 Å². The predicted octanol–water partition coefficient (Wildman–Crippen LogP) is 2.94. The van der Waals surface area contributed by atoms with Crippen molar-refractivity contribution in [3.05, 3.63) is 30.0 Å². The molecule has 0 saturated heterocycles. The maximum Gasteiger partial charge on any atom is 0.134 e. The van der Waals surface area contributed by atoms with Gasteiger partial charge in [-0.1, -0.05) is 13.8 Å². The van der Waals surface area contributed by atoms with Crippen LogP contribution in [-0.4, -0.2) is 13.2 Å². The van der Waals surface area contributed by atoms with E-state index in [1.54, 1.807) is 13.4 Å². The van der Waals surface area contributed by atoms with Crippen molar-refractivity contribution in [1.29, 1.82) is 0 Å². The highest BCUT2D eigenvalue weighted by Crippen LogP contribution is 2.25. The SMILES string of the molecule is COc1ccc2occ(CNC(C)C)c2c1. The zero-order valence-electron chi connectivity index (χ0n) is 9.91. The van der Waals surface area contributed by atoms with E-state index in [9.17, 15) is 0 Å². The molecule has 3 nitrogen and oxygen atoms in total. The van der Waals surface area contributed by atoms with Gasteiger partial charge in [0, 0.05) is 23.5 Å². The van der Waals surface area contributed by atoms with Crippen LogP contribution in [-0.2, 0) is 6.54 Å². The molecule has 0 radical (unpaired) electrons. The first-order valence-electron chi connectivity index (χ1n) is 5.48. The van der Waals surface area contributed by atoms with Crippen LogP contribution in [0, 0.1) is 0 Å². The monoisotopic (exact) mass is 219 g/mol. The van der Waals surface area contributed by atoms with E-state index in [1.165, 1.54) is 5.56 Å². The molecule has 0 spiro atoms. The minimum absolute atomic E-state index is 0.468. The van der Waals surface area contributed by atoms with E-state index in [4.69, 9.17) is 9.15 Å².